The first-order valence-corrected chi connectivity index (χ1v) is 6.29. The predicted octanol–water partition coefficient (Wildman–Crippen LogP) is 2.62. The van der Waals surface area contributed by atoms with Gasteiger partial charge in [0.25, 0.3) is 0 Å². The molecule has 5 nitrogen and oxygen atoms in total. The van der Waals surface area contributed by atoms with Gasteiger partial charge in [0.1, 0.15) is 18.0 Å². The maximum Gasteiger partial charge on any atom is 0.150 e. The Morgan fingerprint density at radius 1 is 1.10 bits per heavy atom. The monoisotopic (exact) mass is 274 g/mol. The summed E-state index contributed by atoms with van der Waals surface area (Å²) >= 11 is 0. The summed E-state index contributed by atoms with van der Waals surface area (Å²) in [6.07, 6.45) is 2.55. The molecule has 3 rings (SSSR count). The van der Waals surface area contributed by atoms with Crippen LogP contribution in [0.1, 0.15) is 15.9 Å². The van der Waals surface area contributed by atoms with Crippen molar-refractivity contribution in [1.29, 1.82) is 5.26 Å². The summed E-state index contributed by atoms with van der Waals surface area (Å²) < 4.78 is 1.57. The normalized spacial score (nSPS) is 10.0. The van der Waals surface area contributed by atoms with Gasteiger partial charge in [-0.05, 0) is 12.1 Å². The van der Waals surface area contributed by atoms with Gasteiger partial charge in [-0.15, -0.1) is 5.10 Å². The smallest absolute Gasteiger partial charge is 0.150 e. The molecule has 0 atom stereocenters. The summed E-state index contributed by atoms with van der Waals surface area (Å²) in [5.74, 6) is 0. The zero-order valence-corrected chi connectivity index (χ0v) is 11.0. The third-order valence-corrected chi connectivity index (χ3v) is 3.11. The minimum absolute atomic E-state index is 0.533. The van der Waals surface area contributed by atoms with Crippen LogP contribution in [0.4, 0.5) is 0 Å². The number of nitrogens with zero attached hydrogens (tertiary/aromatic N) is 4. The van der Waals surface area contributed by atoms with Gasteiger partial charge in [-0.25, -0.2) is 4.68 Å². The molecule has 1 heterocycles. The minimum Gasteiger partial charge on any atom is -0.298 e. The largest absolute Gasteiger partial charge is 0.298 e. The van der Waals surface area contributed by atoms with E-state index >= 15 is 0 Å². The minimum atomic E-state index is 0.533. The molecule has 0 aliphatic rings. The number of nitriles is 1. The van der Waals surface area contributed by atoms with Crippen molar-refractivity contribution in [2.24, 2.45) is 0 Å². The van der Waals surface area contributed by atoms with Crippen LogP contribution in [-0.4, -0.2) is 21.3 Å². The molecular weight excluding hydrogens is 264 g/mol. The van der Waals surface area contributed by atoms with E-state index in [1.807, 2.05) is 24.3 Å². The summed E-state index contributed by atoms with van der Waals surface area (Å²) in [6.45, 7) is 0. The Balaban J connectivity index is 2.00. The van der Waals surface area contributed by atoms with Crippen molar-refractivity contribution in [2.45, 2.75) is 0 Å². The quantitative estimate of drug-likeness (QED) is 0.688. The number of rotatable bonds is 3. The van der Waals surface area contributed by atoms with Gasteiger partial charge in [0.2, 0.25) is 0 Å². The summed E-state index contributed by atoms with van der Waals surface area (Å²) in [6, 6.07) is 16.4. The average Bonchev–Trinajstić information content (AvgIpc) is 3.04. The van der Waals surface area contributed by atoms with Crippen molar-refractivity contribution in [3.8, 4) is 23.0 Å². The molecule has 0 fully saturated rings. The number of carbonyl (C=O) groups excluding carboxylic acids is 1. The molecule has 100 valence electrons. The molecule has 0 amide bonds. The zero-order chi connectivity index (χ0) is 14.7. The SMILES string of the molecule is N#Cc1ccccc1-n1cc(-c2ccc(C=O)cc2)nn1. The van der Waals surface area contributed by atoms with Gasteiger partial charge >= 0.3 is 0 Å². The van der Waals surface area contributed by atoms with Gasteiger partial charge in [-0.1, -0.05) is 41.6 Å². The molecule has 1 aromatic heterocycles. The Morgan fingerprint density at radius 3 is 2.57 bits per heavy atom. The zero-order valence-electron chi connectivity index (χ0n) is 11.0. The standard InChI is InChI=1S/C16H10N4O/c17-9-14-3-1-2-4-16(14)20-10-15(18-19-20)13-7-5-12(11-21)6-8-13/h1-8,10-11H. The molecule has 0 spiro atoms. The highest BCUT2D eigenvalue weighted by Gasteiger charge is 2.08. The maximum absolute atomic E-state index is 10.7. The van der Waals surface area contributed by atoms with Crippen molar-refractivity contribution < 1.29 is 4.79 Å². The molecule has 0 saturated carbocycles. The fourth-order valence-electron chi connectivity index (χ4n) is 2.01. The van der Waals surface area contributed by atoms with Gasteiger partial charge in [0, 0.05) is 11.1 Å². The number of carbonyl (C=O) groups is 1. The van der Waals surface area contributed by atoms with Crippen molar-refractivity contribution in [3.63, 3.8) is 0 Å². The highest BCUT2D eigenvalue weighted by molar-refractivity contribution is 5.76. The molecular formula is C16H10N4O. The van der Waals surface area contributed by atoms with Crippen molar-refractivity contribution in [1.82, 2.24) is 15.0 Å². The number of hydrogen-bond acceptors (Lipinski definition) is 4. The maximum atomic E-state index is 10.7. The van der Waals surface area contributed by atoms with Gasteiger partial charge in [0.05, 0.1) is 17.4 Å². The molecule has 3 aromatic rings. The lowest BCUT2D eigenvalue weighted by Crippen LogP contribution is -1.97. The Labute approximate surface area is 121 Å². The lowest BCUT2D eigenvalue weighted by atomic mass is 10.1. The van der Waals surface area contributed by atoms with E-state index in [1.165, 1.54) is 0 Å². The molecule has 0 radical (unpaired) electrons. The Morgan fingerprint density at radius 2 is 1.86 bits per heavy atom. The second kappa shape index (κ2) is 5.39. The van der Waals surface area contributed by atoms with E-state index < -0.39 is 0 Å². The highest BCUT2D eigenvalue weighted by Crippen LogP contribution is 2.19. The molecule has 0 aliphatic carbocycles. The van der Waals surface area contributed by atoms with Crippen LogP contribution in [0.15, 0.2) is 54.7 Å². The van der Waals surface area contributed by atoms with E-state index in [0.29, 0.717) is 22.5 Å². The number of para-hydroxylation sites is 1. The van der Waals surface area contributed by atoms with Gasteiger partial charge in [0.15, 0.2) is 0 Å². The van der Waals surface area contributed by atoms with Gasteiger partial charge in [-0.3, -0.25) is 4.79 Å². The molecule has 0 saturated heterocycles. The van der Waals surface area contributed by atoms with Crippen LogP contribution >= 0.6 is 0 Å². The number of benzene rings is 2. The lowest BCUT2D eigenvalue weighted by Gasteiger charge is -2.01. The molecule has 2 aromatic carbocycles. The third-order valence-electron chi connectivity index (χ3n) is 3.11. The van der Waals surface area contributed by atoms with Crippen LogP contribution in [0.5, 0.6) is 0 Å². The summed E-state index contributed by atoms with van der Waals surface area (Å²) in [4.78, 5) is 10.7. The van der Waals surface area contributed by atoms with Gasteiger partial charge in [-0.2, -0.15) is 5.26 Å². The third kappa shape index (κ3) is 2.42. The fourth-order valence-corrected chi connectivity index (χ4v) is 2.01. The van der Waals surface area contributed by atoms with Crippen LogP contribution < -0.4 is 0 Å². The first kappa shape index (κ1) is 12.8. The number of aldehydes is 1. The first-order valence-electron chi connectivity index (χ1n) is 6.29. The predicted molar refractivity (Wildman–Crippen MR) is 76.9 cm³/mol. The van der Waals surface area contributed by atoms with Crippen molar-refractivity contribution >= 4 is 6.29 Å². The van der Waals surface area contributed by atoms with E-state index in [0.717, 1.165) is 11.8 Å². The van der Waals surface area contributed by atoms with E-state index in [9.17, 15) is 4.79 Å². The molecule has 0 aliphatic heterocycles. The number of hydrogen-bond donors (Lipinski definition) is 0. The summed E-state index contributed by atoms with van der Waals surface area (Å²) in [5, 5.41) is 17.3. The first-order chi connectivity index (χ1) is 10.3. The average molecular weight is 274 g/mol. The molecule has 21 heavy (non-hydrogen) atoms. The van der Waals surface area contributed by atoms with E-state index in [1.54, 1.807) is 35.1 Å². The molecule has 0 bridgehead atoms. The molecule has 0 N–H and O–H groups in total. The van der Waals surface area contributed by atoms with Crippen molar-refractivity contribution in [3.05, 3.63) is 65.9 Å². The Bertz CT molecular complexity index is 828. The number of aromatic nitrogens is 3. The van der Waals surface area contributed by atoms with E-state index in [-0.39, 0.29) is 0 Å². The van der Waals surface area contributed by atoms with Crippen molar-refractivity contribution in [2.75, 3.05) is 0 Å². The van der Waals surface area contributed by atoms with Crippen LogP contribution in [0.3, 0.4) is 0 Å². The highest BCUT2D eigenvalue weighted by atomic mass is 16.1. The lowest BCUT2D eigenvalue weighted by molar-refractivity contribution is 0.112. The van der Waals surface area contributed by atoms with Crippen LogP contribution in [0.2, 0.25) is 0 Å². The fraction of sp³-hybridized carbons (Fsp3) is 0. The van der Waals surface area contributed by atoms with Gasteiger partial charge < -0.3 is 0 Å². The second-order valence-corrected chi connectivity index (χ2v) is 4.42. The van der Waals surface area contributed by atoms with Crippen LogP contribution in [0.25, 0.3) is 16.9 Å². The molecule has 5 heteroatoms. The van der Waals surface area contributed by atoms with E-state index in [4.69, 9.17) is 5.26 Å². The van der Waals surface area contributed by atoms with E-state index in [2.05, 4.69) is 16.4 Å². The Kier molecular flexibility index (Phi) is 3.27. The second-order valence-electron chi connectivity index (χ2n) is 4.42. The Hall–Kier alpha value is -3.26. The summed E-state index contributed by atoms with van der Waals surface area (Å²) in [5.41, 5.74) is 3.37. The van der Waals surface area contributed by atoms with Crippen LogP contribution in [-0.2, 0) is 0 Å². The molecule has 0 unspecified atom stereocenters. The van der Waals surface area contributed by atoms with Crippen LogP contribution in [0, 0.1) is 11.3 Å². The topological polar surface area (TPSA) is 71.6 Å². The summed E-state index contributed by atoms with van der Waals surface area (Å²) in [7, 11) is 0.